The highest BCUT2D eigenvalue weighted by Crippen LogP contribution is 2.13. The van der Waals surface area contributed by atoms with E-state index in [9.17, 15) is 22.8 Å². The van der Waals surface area contributed by atoms with Crippen LogP contribution in [0, 0.1) is 0 Å². The van der Waals surface area contributed by atoms with E-state index in [4.69, 9.17) is 0 Å². The zero-order valence-electron chi connectivity index (χ0n) is 4.90. The van der Waals surface area contributed by atoms with Crippen LogP contribution in [0.5, 0.6) is 0 Å². The van der Waals surface area contributed by atoms with Crippen molar-refractivity contribution in [3.63, 3.8) is 0 Å². The SMILES string of the molecule is O=C(S)NNC(=O)C(F)(F)F. The summed E-state index contributed by atoms with van der Waals surface area (Å²) in [6.07, 6.45) is -5.00. The van der Waals surface area contributed by atoms with Gasteiger partial charge in [-0.15, -0.1) is 0 Å². The van der Waals surface area contributed by atoms with Gasteiger partial charge in [-0.05, 0) is 0 Å². The Morgan fingerprint density at radius 2 is 1.64 bits per heavy atom. The summed E-state index contributed by atoms with van der Waals surface area (Å²) in [7, 11) is 0. The summed E-state index contributed by atoms with van der Waals surface area (Å²) >= 11 is 3.04. The van der Waals surface area contributed by atoms with Gasteiger partial charge in [-0.1, -0.05) is 12.6 Å². The normalized spacial score (nSPS) is 10.5. The van der Waals surface area contributed by atoms with Gasteiger partial charge in [-0.3, -0.25) is 20.4 Å². The van der Waals surface area contributed by atoms with E-state index in [1.54, 1.807) is 0 Å². The maximum absolute atomic E-state index is 11.3. The lowest BCUT2D eigenvalue weighted by Crippen LogP contribution is -2.46. The van der Waals surface area contributed by atoms with E-state index < -0.39 is 17.3 Å². The van der Waals surface area contributed by atoms with Crippen LogP contribution in [0.4, 0.5) is 18.0 Å². The Morgan fingerprint density at radius 1 is 1.18 bits per heavy atom. The fourth-order valence-electron chi connectivity index (χ4n) is 0.181. The first kappa shape index (κ1) is 10.1. The summed E-state index contributed by atoms with van der Waals surface area (Å²) in [5.74, 6) is -2.25. The molecular weight excluding hydrogens is 185 g/mol. The first-order valence-electron chi connectivity index (χ1n) is 2.20. The summed E-state index contributed by atoms with van der Waals surface area (Å²) in [5, 5.41) is -1.08. The van der Waals surface area contributed by atoms with Gasteiger partial charge in [0, 0.05) is 0 Å². The van der Waals surface area contributed by atoms with Gasteiger partial charge in [0.1, 0.15) is 0 Å². The highest BCUT2D eigenvalue weighted by atomic mass is 32.1. The zero-order chi connectivity index (χ0) is 9.07. The van der Waals surface area contributed by atoms with Gasteiger partial charge in [-0.25, -0.2) is 0 Å². The van der Waals surface area contributed by atoms with E-state index in [0.29, 0.717) is 0 Å². The third-order valence-corrected chi connectivity index (χ3v) is 0.652. The quantitative estimate of drug-likeness (QED) is 0.376. The Labute approximate surface area is 64.5 Å². The number of carbonyl (C=O) groups is 2. The first-order chi connectivity index (χ1) is 4.84. The molecule has 2 amide bonds. The summed E-state index contributed by atoms with van der Waals surface area (Å²) in [4.78, 5) is 19.7. The molecule has 64 valence electrons. The predicted octanol–water partition coefficient (Wildman–Crippen LogP) is 0.219. The van der Waals surface area contributed by atoms with Crippen molar-refractivity contribution in [2.75, 3.05) is 0 Å². The van der Waals surface area contributed by atoms with Gasteiger partial charge in [0.05, 0.1) is 0 Å². The molecule has 11 heavy (non-hydrogen) atoms. The topological polar surface area (TPSA) is 58.2 Å². The van der Waals surface area contributed by atoms with Crippen molar-refractivity contribution in [1.82, 2.24) is 10.9 Å². The Balaban J connectivity index is 3.80. The molecule has 0 rings (SSSR count). The number of thiol groups is 1. The molecule has 0 bridgehead atoms. The molecule has 0 aromatic heterocycles. The molecule has 0 saturated carbocycles. The highest BCUT2D eigenvalue weighted by molar-refractivity contribution is 7.96. The average molecular weight is 188 g/mol. The Kier molecular flexibility index (Phi) is 3.18. The maximum atomic E-state index is 11.3. The number of carbonyl (C=O) groups excluding carboxylic acids is 2. The number of alkyl halides is 3. The first-order valence-corrected chi connectivity index (χ1v) is 2.65. The lowest BCUT2D eigenvalue weighted by atomic mass is 10.6. The third kappa shape index (κ3) is 4.48. The van der Waals surface area contributed by atoms with Crippen molar-refractivity contribution in [3.05, 3.63) is 0 Å². The van der Waals surface area contributed by atoms with Crippen molar-refractivity contribution in [2.45, 2.75) is 6.18 Å². The van der Waals surface area contributed by atoms with Crippen molar-refractivity contribution in [1.29, 1.82) is 0 Å². The van der Waals surface area contributed by atoms with Crippen molar-refractivity contribution < 1.29 is 22.8 Å². The highest BCUT2D eigenvalue weighted by Gasteiger charge is 2.38. The number of hydrogen-bond acceptors (Lipinski definition) is 2. The van der Waals surface area contributed by atoms with E-state index >= 15 is 0 Å². The van der Waals surface area contributed by atoms with Gasteiger partial charge < -0.3 is 0 Å². The average Bonchev–Trinajstić information content (AvgIpc) is 1.80. The second-order valence-electron chi connectivity index (χ2n) is 1.38. The van der Waals surface area contributed by atoms with Crippen LogP contribution < -0.4 is 10.9 Å². The minimum atomic E-state index is -5.00. The summed E-state index contributed by atoms with van der Waals surface area (Å²) in [5.41, 5.74) is 2.44. The van der Waals surface area contributed by atoms with Gasteiger partial charge in [0.2, 0.25) is 0 Å². The molecule has 0 aliphatic carbocycles. The zero-order valence-corrected chi connectivity index (χ0v) is 5.79. The Hall–Kier alpha value is -0.920. The third-order valence-electron chi connectivity index (χ3n) is 0.540. The van der Waals surface area contributed by atoms with Crippen LogP contribution in [0.1, 0.15) is 0 Å². The molecule has 0 aromatic rings. The van der Waals surface area contributed by atoms with E-state index in [2.05, 4.69) is 12.6 Å². The van der Waals surface area contributed by atoms with Gasteiger partial charge >= 0.3 is 12.1 Å². The molecule has 0 aliphatic rings. The van der Waals surface area contributed by atoms with Crippen molar-refractivity contribution in [2.24, 2.45) is 0 Å². The number of amides is 2. The van der Waals surface area contributed by atoms with E-state index in [0.717, 1.165) is 5.43 Å². The molecule has 0 fully saturated rings. The lowest BCUT2D eigenvalue weighted by molar-refractivity contribution is -0.174. The summed E-state index contributed by atoms with van der Waals surface area (Å²) in [6, 6.07) is 0. The Morgan fingerprint density at radius 3 is 1.91 bits per heavy atom. The fraction of sp³-hybridized carbons (Fsp3) is 0.333. The monoisotopic (exact) mass is 188 g/mol. The number of hydrogen-bond donors (Lipinski definition) is 3. The molecule has 0 heterocycles. The maximum Gasteiger partial charge on any atom is 0.472 e. The van der Waals surface area contributed by atoms with Crippen LogP contribution in [0.25, 0.3) is 0 Å². The number of rotatable bonds is 0. The van der Waals surface area contributed by atoms with Crippen LogP contribution in [-0.2, 0) is 4.79 Å². The smallest absolute Gasteiger partial charge is 0.263 e. The molecule has 0 saturated heterocycles. The Bertz CT molecular complexity index is 180. The molecule has 0 aromatic carbocycles. The van der Waals surface area contributed by atoms with Gasteiger partial charge in [0.25, 0.3) is 5.24 Å². The second-order valence-corrected chi connectivity index (χ2v) is 1.79. The minimum Gasteiger partial charge on any atom is -0.263 e. The van der Waals surface area contributed by atoms with Crippen LogP contribution in [-0.4, -0.2) is 17.3 Å². The molecular formula is C3H3F3N2O2S. The summed E-state index contributed by atoms with van der Waals surface area (Å²) in [6.45, 7) is 0. The number of halogens is 3. The molecule has 2 N–H and O–H groups in total. The molecule has 0 spiro atoms. The molecule has 0 unspecified atom stereocenters. The largest absolute Gasteiger partial charge is 0.472 e. The summed E-state index contributed by atoms with van der Waals surface area (Å²) < 4.78 is 33.9. The fourth-order valence-corrected chi connectivity index (χ4v) is 0.237. The van der Waals surface area contributed by atoms with E-state index in [-0.39, 0.29) is 0 Å². The van der Waals surface area contributed by atoms with Crippen LogP contribution in [0.15, 0.2) is 0 Å². The minimum absolute atomic E-state index is 1.08. The van der Waals surface area contributed by atoms with E-state index in [1.165, 1.54) is 5.43 Å². The van der Waals surface area contributed by atoms with Gasteiger partial charge in [0.15, 0.2) is 0 Å². The molecule has 4 nitrogen and oxygen atoms in total. The van der Waals surface area contributed by atoms with Crippen LogP contribution in [0.2, 0.25) is 0 Å². The van der Waals surface area contributed by atoms with Crippen molar-refractivity contribution >= 4 is 23.8 Å². The molecule has 0 aliphatic heterocycles. The standard InChI is InChI=1S/C3H3F3N2O2S/c4-3(5,6)1(9)7-8-2(10)11/h(H,7,9)(H2,8,10,11). The van der Waals surface area contributed by atoms with Crippen LogP contribution >= 0.6 is 12.6 Å². The van der Waals surface area contributed by atoms with E-state index in [1.807, 2.05) is 0 Å². The van der Waals surface area contributed by atoms with Crippen LogP contribution in [0.3, 0.4) is 0 Å². The number of nitrogens with one attached hydrogen (secondary N) is 2. The molecule has 0 atom stereocenters. The predicted molar refractivity (Wildman–Crippen MR) is 31.7 cm³/mol. The van der Waals surface area contributed by atoms with Crippen molar-refractivity contribution in [3.8, 4) is 0 Å². The number of hydrazine groups is 1. The molecule has 0 radical (unpaired) electrons. The lowest BCUT2D eigenvalue weighted by Gasteiger charge is -2.06. The second kappa shape index (κ2) is 3.46. The van der Waals surface area contributed by atoms with Gasteiger partial charge in [-0.2, -0.15) is 13.2 Å². The molecule has 8 heteroatoms.